The van der Waals surface area contributed by atoms with Gasteiger partial charge in [-0.15, -0.1) is 12.4 Å². The first-order valence-electron chi connectivity index (χ1n) is 9.88. The number of carbonyl (C=O) groups is 1. The van der Waals surface area contributed by atoms with Gasteiger partial charge in [0.15, 0.2) is 5.69 Å². The number of aryl methyl sites for hydroxylation is 1. The number of nitrogens with two attached hydrogens (primary N) is 1. The molecule has 1 unspecified atom stereocenters. The summed E-state index contributed by atoms with van der Waals surface area (Å²) in [6, 6.07) is 8.54. The smallest absolute Gasteiger partial charge is 0.274 e. The maximum Gasteiger partial charge on any atom is 0.274 e. The molecule has 1 fully saturated rings. The van der Waals surface area contributed by atoms with Crippen LogP contribution in [0.1, 0.15) is 59.4 Å². The molecule has 0 bridgehead atoms. The zero-order valence-corrected chi connectivity index (χ0v) is 16.8. The lowest BCUT2D eigenvalue weighted by molar-refractivity contribution is 0.0615. The summed E-state index contributed by atoms with van der Waals surface area (Å²) >= 11 is 0. The summed E-state index contributed by atoms with van der Waals surface area (Å²) < 4.78 is 2.00. The van der Waals surface area contributed by atoms with Crippen molar-refractivity contribution in [3.8, 4) is 5.69 Å². The lowest BCUT2D eigenvalue weighted by atomic mass is 9.94. The van der Waals surface area contributed by atoms with Crippen LogP contribution in [-0.4, -0.2) is 39.7 Å². The molecule has 1 aromatic heterocycles. The van der Waals surface area contributed by atoms with E-state index in [1.807, 2.05) is 9.58 Å². The molecule has 1 aromatic carbocycles. The lowest BCUT2D eigenvalue weighted by Gasteiger charge is -2.34. The molecule has 5 nitrogen and oxygen atoms in total. The lowest BCUT2D eigenvalue weighted by Crippen LogP contribution is -2.47. The molecule has 146 valence electrons. The number of halogens is 1. The average Bonchev–Trinajstić information content (AvgIpc) is 3.08. The van der Waals surface area contributed by atoms with Gasteiger partial charge in [-0.25, -0.2) is 4.68 Å². The molecule has 2 aromatic rings. The van der Waals surface area contributed by atoms with Crippen LogP contribution in [-0.2, 0) is 12.8 Å². The zero-order chi connectivity index (χ0) is 18.1. The molecule has 2 heterocycles. The summed E-state index contributed by atoms with van der Waals surface area (Å²) in [6.45, 7) is 3.42. The predicted molar refractivity (Wildman–Crippen MR) is 110 cm³/mol. The van der Waals surface area contributed by atoms with E-state index in [0.29, 0.717) is 12.2 Å². The van der Waals surface area contributed by atoms with Crippen LogP contribution < -0.4 is 5.73 Å². The van der Waals surface area contributed by atoms with Gasteiger partial charge in [-0.05, 0) is 64.0 Å². The van der Waals surface area contributed by atoms with Crippen LogP contribution in [0.4, 0.5) is 0 Å². The van der Waals surface area contributed by atoms with Crippen LogP contribution in [0.2, 0.25) is 0 Å². The Hall–Kier alpha value is -1.85. The fourth-order valence-electron chi connectivity index (χ4n) is 4.32. The Balaban J connectivity index is 0.00000210. The van der Waals surface area contributed by atoms with Crippen LogP contribution in [0, 0.1) is 6.92 Å². The molecular formula is C21H29ClN4O. The molecule has 1 aliphatic carbocycles. The van der Waals surface area contributed by atoms with Crippen molar-refractivity contribution in [1.82, 2.24) is 14.7 Å². The van der Waals surface area contributed by atoms with E-state index in [9.17, 15) is 4.79 Å². The largest absolute Gasteiger partial charge is 0.333 e. The van der Waals surface area contributed by atoms with Gasteiger partial charge in [0.25, 0.3) is 5.91 Å². The molecule has 1 atom stereocenters. The summed E-state index contributed by atoms with van der Waals surface area (Å²) in [5.41, 5.74) is 11.2. The fourth-order valence-corrected chi connectivity index (χ4v) is 4.32. The van der Waals surface area contributed by atoms with Crippen molar-refractivity contribution in [1.29, 1.82) is 0 Å². The first-order chi connectivity index (χ1) is 12.7. The molecule has 2 N–H and O–H groups in total. The summed E-state index contributed by atoms with van der Waals surface area (Å²) in [7, 11) is 0. The van der Waals surface area contributed by atoms with Gasteiger partial charge in [-0.2, -0.15) is 5.10 Å². The van der Waals surface area contributed by atoms with E-state index in [2.05, 4.69) is 31.2 Å². The Morgan fingerprint density at radius 1 is 1.15 bits per heavy atom. The highest BCUT2D eigenvalue weighted by molar-refractivity contribution is 5.94. The second-order valence-corrected chi connectivity index (χ2v) is 7.61. The molecule has 4 rings (SSSR count). The van der Waals surface area contributed by atoms with Crippen molar-refractivity contribution >= 4 is 18.3 Å². The van der Waals surface area contributed by atoms with Gasteiger partial charge in [0.2, 0.25) is 0 Å². The zero-order valence-electron chi connectivity index (χ0n) is 16.0. The topological polar surface area (TPSA) is 64.2 Å². The molecule has 6 heteroatoms. The minimum absolute atomic E-state index is 0. The molecule has 0 radical (unpaired) electrons. The Morgan fingerprint density at radius 3 is 2.63 bits per heavy atom. The highest BCUT2D eigenvalue weighted by Gasteiger charge is 2.32. The second-order valence-electron chi connectivity index (χ2n) is 7.61. The van der Waals surface area contributed by atoms with Crippen molar-refractivity contribution in [3.05, 3.63) is 46.8 Å². The van der Waals surface area contributed by atoms with E-state index in [0.717, 1.165) is 62.7 Å². The number of aromatic nitrogens is 2. The van der Waals surface area contributed by atoms with Gasteiger partial charge >= 0.3 is 0 Å². The maximum absolute atomic E-state index is 13.3. The average molecular weight is 389 g/mol. The number of hydrogen-bond donors (Lipinski definition) is 1. The number of nitrogens with zero attached hydrogens (tertiary/aromatic N) is 3. The number of piperidine rings is 1. The van der Waals surface area contributed by atoms with E-state index in [1.54, 1.807) is 0 Å². The van der Waals surface area contributed by atoms with E-state index >= 15 is 0 Å². The summed E-state index contributed by atoms with van der Waals surface area (Å²) in [5, 5.41) is 4.82. The molecule has 0 saturated carbocycles. The van der Waals surface area contributed by atoms with Crippen molar-refractivity contribution in [2.45, 2.75) is 57.9 Å². The van der Waals surface area contributed by atoms with Crippen LogP contribution >= 0.6 is 12.4 Å². The molecule has 27 heavy (non-hydrogen) atoms. The second kappa shape index (κ2) is 8.44. The Labute approximate surface area is 167 Å². The third-order valence-corrected chi connectivity index (χ3v) is 5.82. The summed E-state index contributed by atoms with van der Waals surface area (Å²) in [5.74, 6) is 0.0733. The number of benzene rings is 1. The number of amides is 1. The molecular weight excluding hydrogens is 360 g/mol. The third kappa shape index (κ3) is 3.76. The molecule has 2 aliphatic rings. The minimum Gasteiger partial charge on any atom is -0.333 e. The highest BCUT2D eigenvalue weighted by atomic mass is 35.5. The van der Waals surface area contributed by atoms with Crippen LogP contribution in [0.5, 0.6) is 0 Å². The van der Waals surface area contributed by atoms with Gasteiger partial charge < -0.3 is 10.6 Å². The number of likely N-dealkylation sites (tertiary alicyclic amines) is 1. The molecule has 1 aliphatic heterocycles. The van der Waals surface area contributed by atoms with Crippen molar-refractivity contribution in [2.24, 2.45) is 5.73 Å². The fraction of sp³-hybridized carbons (Fsp3) is 0.524. The summed E-state index contributed by atoms with van der Waals surface area (Å²) in [4.78, 5) is 15.3. The van der Waals surface area contributed by atoms with Gasteiger partial charge in [-0.3, -0.25) is 4.79 Å². The highest BCUT2D eigenvalue weighted by Crippen LogP contribution is 2.29. The standard InChI is InChI=1S/C21H28N4O.ClH/c1-15-9-11-16(12-10-15)25-19-8-3-2-7-18(19)20(23-25)21(26)24-13-5-4-6-17(24)14-22;/h9-12,17H,2-8,13-14,22H2,1H3;1H. The van der Waals surface area contributed by atoms with E-state index < -0.39 is 0 Å². The first kappa shape index (κ1) is 19.9. The van der Waals surface area contributed by atoms with E-state index in [-0.39, 0.29) is 24.4 Å². The Bertz CT molecular complexity index is 799. The molecule has 1 saturated heterocycles. The van der Waals surface area contributed by atoms with Crippen LogP contribution in [0.15, 0.2) is 24.3 Å². The first-order valence-corrected chi connectivity index (χ1v) is 9.88. The normalized spacial score (nSPS) is 19.3. The number of rotatable bonds is 3. The van der Waals surface area contributed by atoms with Crippen LogP contribution in [0.3, 0.4) is 0 Å². The number of fused-ring (bicyclic) bond motifs is 1. The van der Waals surface area contributed by atoms with Gasteiger partial charge in [-0.1, -0.05) is 17.7 Å². The summed E-state index contributed by atoms with van der Waals surface area (Å²) in [6.07, 6.45) is 7.45. The van der Waals surface area contributed by atoms with Crippen molar-refractivity contribution in [2.75, 3.05) is 13.1 Å². The minimum atomic E-state index is 0. The Morgan fingerprint density at radius 2 is 1.89 bits per heavy atom. The maximum atomic E-state index is 13.3. The van der Waals surface area contributed by atoms with Crippen molar-refractivity contribution in [3.63, 3.8) is 0 Å². The van der Waals surface area contributed by atoms with Gasteiger partial charge in [0.05, 0.1) is 5.69 Å². The SMILES string of the molecule is Cc1ccc(-n2nc(C(=O)N3CCCCC3CN)c3c2CCCC3)cc1.Cl. The van der Waals surface area contributed by atoms with Gasteiger partial charge in [0, 0.05) is 30.4 Å². The van der Waals surface area contributed by atoms with E-state index in [1.165, 1.54) is 11.3 Å². The van der Waals surface area contributed by atoms with Crippen molar-refractivity contribution < 1.29 is 4.79 Å². The number of hydrogen-bond acceptors (Lipinski definition) is 3. The molecule has 1 amide bonds. The monoisotopic (exact) mass is 388 g/mol. The molecule has 0 spiro atoms. The quantitative estimate of drug-likeness (QED) is 0.875. The van der Waals surface area contributed by atoms with Crippen LogP contribution in [0.25, 0.3) is 5.69 Å². The third-order valence-electron chi connectivity index (χ3n) is 5.82. The number of carbonyl (C=O) groups excluding carboxylic acids is 1. The predicted octanol–water partition coefficient (Wildman–Crippen LogP) is 3.43. The van der Waals surface area contributed by atoms with Gasteiger partial charge in [0.1, 0.15) is 0 Å². The Kier molecular flexibility index (Phi) is 6.22. The van der Waals surface area contributed by atoms with E-state index in [4.69, 9.17) is 10.8 Å².